The van der Waals surface area contributed by atoms with Crippen LogP contribution in [-0.2, 0) is 24.8 Å². The summed E-state index contributed by atoms with van der Waals surface area (Å²) in [4.78, 5) is 4.68. The van der Waals surface area contributed by atoms with E-state index >= 15 is 0 Å². The Morgan fingerprint density at radius 3 is 2.69 bits per heavy atom. The topological polar surface area (TPSA) is 85.6 Å². The lowest BCUT2D eigenvalue weighted by atomic mass is 10.1. The van der Waals surface area contributed by atoms with Gasteiger partial charge in [-0.15, -0.1) is 34.2 Å². The number of guanidine groups is 1. The summed E-state index contributed by atoms with van der Waals surface area (Å²) >= 11 is 0. The molecule has 0 bridgehead atoms. The number of halogens is 1. The van der Waals surface area contributed by atoms with Crippen LogP contribution in [0, 0.1) is 6.92 Å². The number of ether oxygens (including phenoxy) is 2. The van der Waals surface area contributed by atoms with E-state index in [1.54, 1.807) is 7.11 Å². The molecule has 2 N–H and O–H groups in total. The zero-order valence-corrected chi connectivity index (χ0v) is 19.7. The van der Waals surface area contributed by atoms with Gasteiger partial charge in [-0.3, -0.25) is 0 Å². The van der Waals surface area contributed by atoms with Crippen LogP contribution in [0.3, 0.4) is 0 Å². The van der Waals surface area contributed by atoms with Crippen LogP contribution in [0.1, 0.15) is 30.1 Å². The molecule has 8 nitrogen and oxygen atoms in total. The van der Waals surface area contributed by atoms with E-state index in [0.717, 1.165) is 62.3 Å². The number of nitrogens with zero attached hydrogens (tertiary/aromatic N) is 4. The number of rotatable bonds is 8. The van der Waals surface area contributed by atoms with Gasteiger partial charge in [-0.05, 0) is 43.9 Å². The second-order valence-electron chi connectivity index (χ2n) is 6.93. The largest absolute Gasteiger partial charge is 0.497 e. The predicted molar refractivity (Wildman–Crippen MR) is 124 cm³/mol. The van der Waals surface area contributed by atoms with Gasteiger partial charge in [-0.2, -0.15) is 0 Å². The molecule has 1 fully saturated rings. The Labute approximate surface area is 189 Å². The third-order valence-electron chi connectivity index (χ3n) is 4.95. The molecule has 0 saturated carbocycles. The lowest BCUT2D eigenvalue weighted by Crippen LogP contribution is -2.42. The molecule has 1 aromatic heterocycles. The first-order chi connectivity index (χ1) is 13.7. The molecule has 1 aromatic carbocycles. The van der Waals surface area contributed by atoms with E-state index in [0.29, 0.717) is 6.54 Å². The van der Waals surface area contributed by atoms with Crippen molar-refractivity contribution in [3.63, 3.8) is 0 Å². The first-order valence-corrected chi connectivity index (χ1v) is 9.77. The van der Waals surface area contributed by atoms with Gasteiger partial charge in [-0.25, -0.2) is 4.99 Å². The molecule has 0 radical (unpaired) electrons. The third-order valence-corrected chi connectivity index (χ3v) is 4.95. The van der Waals surface area contributed by atoms with Crippen LogP contribution in [0.5, 0.6) is 5.75 Å². The van der Waals surface area contributed by atoms with Gasteiger partial charge in [0.1, 0.15) is 18.1 Å². The molecule has 0 aliphatic carbocycles. The molecular weight excluding hydrogens is 483 g/mol. The standard InChI is InChI=1S/C20H30N6O2.HI/c1-15-24-25-19(26(15)2)14-23-20(22-13-18-5-4-12-28-18)21-11-10-16-6-8-17(27-3)9-7-16;/h6-9,18H,4-5,10-14H2,1-3H3,(H2,21,22,23);1H. The van der Waals surface area contributed by atoms with E-state index in [4.69, 9.17) is 9.47 Å². The fourth-order valence-corrected chi connectivity index (χ4v) is 3.05. The van der Waals surface area contributed by atoms with Crippen molar-refractivity contribution in [2.24, 2.45) is 12.0 Å². The van der Waals surface area contributed by atoms with E-state index in [1.807, 2.05) is 30.7 Å². The lowest BCUT2D eigenvalue weighted by molar-refractivity contribution is 0.114. The van der Waals surface area contributed by atoms with Crippen LogP contribution >= 0.6 is 24.0 Å². The average molecular weight is 514 g/mol. The Morgan fingerprint density at radius 2 is 2.07 bits per heavy atom. The van der Waals surface area contributed by atoms with Gasteiger partial charge >= 0.3 is 0 Å². The summed E-state index contributed by atoms with van der Waals surface area (Å²) in [6, 6.07) is 8.13. The molecule has 2 aromatic rings. The highest BCUT2D eigenvalue weighted by atomic mass is 127. The van der Waals surface area contributed by atoms with Gasteiger partial charge in [0, 0.05) is 26.7 Å². The summed E-state index contributed by atoms with van der Waals surface area (Å²) in [5.74, 6) is 3.36. The molecular formula is C20H31IN6O2. The van der Waals surface area contributed by atoms with Crippen LogP contribution < -0.4 is 15.4 Å². The monoisotopic (exact) mass is 514 g/mol. The quantitative estimate of drug-likeness (QED) is 0.319. The number of aliphatic imine (C=N–C) groups is 1. The van der Waals surface area contributed by atoms with Crippen molar-refractivity contribution in [2.75, 3.05) is 26.8 Å². The molecule has 9 heteroatoms. The van der Waals surface area contributed by atoms with Crippen LogP contribution in [-0.4, -0.2) is 53.6 Å². The van der Waals surface area contributed by atoms with Crippen LogP contribution in [0.2, 0.25) is 0 Å². The fourth-order valence-electron chi connectivity index (χ4n) is 3.05. The minimum Gasteiger partial charge on any atom is -0.497 e. The summed E-state index contributed by atoms with van der Waals surface area (Å²) in [6.07, 6.45) is 3.37. The highest BCUT2D eigenvalue weighted by molar-refractivity contribution is 14.0. The molecule has 0 spiro atoms. The summed E-state index contributed by atoms with van der Waals surface area (Å²) < 4.78 is 12.9. The molecule has 2 heterocycles. The van der Waals surface area contributed by atoms with Gasteiger partial charge < -0.3 is 24.7 Å². The van der Waals surface area contributed by atoms with E-state index < -0.39 is 0 Å². The smallest absolute Gasteiger partial charge is 0.191 e. The molecule has 0 amide bonds. The number of aryl methyl sites for hydroxylation is 1. The first-order valence-electron chi connectivity index (χ1n) is 9.77. The van der Waals surface area contributed by atoms with Crippen molar-refractivity contribution in [2.45, 2.75) is 38.8 Å². The van der Waals surface area contributed by atoms with Gasteiger partial charge in [0.05, 0.1) is 13.2 Å². The zero-order valence-electron chi connectivity index (χ0n) is 17.4. The molecule has 1 atom stereocenters. The van der Waals surface area contributed by atoms with Crippen molar-refractivity contribution in [3.8, 4) is 5.75 Å². The van der Waals surface area contributed by atoms with Crippen LogP contribution in [0.25, 0.3) is 0 Å². The van der Waals surface area contributed by atoms with E-state index in [1.165, 1.54) is 5.56 Å². The molecule has 1 unspecified atom stereocenters. The fraction of sp³-hybridized carbons (Fsp3) is 0.550. The highest BCUT2D eigenvalue weighted by Gasteiger charge is 2.15. The normalized spacial score (nSPS) is 16.4. The summed E-state index contributed by atoms with van der Waals surface area (Å²) in [5, 5.41) is 15.1. The number of aromatic nitrogens is 3. The maximum absolute atomic E-state index is 5.70. The second kappa shape index (κ2) is 12.0. The second-order valence-corrected chi connectivity index (χ2v) is 6.93. The summed E-state index contributed by atoms with van der Waals surface area (Å²) in [7, 11) is 3.63. The van der Waals surface area contributed by atoms with E-state index in [-0.39, 0.29) is 30.1 Å². The van der Waals surface area contributed by atoms with Gasteiger partial charge in [-0.1, -0.05) is 12.1 Å². The van der Waals surface area contributed by atoms with Crippen molar-refractivity contribution in [3.05, 3.63) is 41.5 Å². The van der Waals surface area contributed by atoms with Crippen molar-refractivity contribution in [1.82, 2.24) is 25.4 Å². The Hall–Kier alpha value is -1.88. The Bertz CT molecular complexity index is 772. The number of benzene rings is 1. The molecule has 160 valence electrons. The average Bonchev–Trinajstić information content (AvgIpc) is 3.35. The van der Waals surface area contributed by atoms with Gasteiger partial charge in [0.25, 0.3) is 0 Å². The minimum atomic E-state index is 0. The van der Waals surface area contributed by atoms with Gasteiger partial charge in [0.15, 0.2) is 11.8 Å². The van der Waals surface area contributed by atoms with Crippen molar-refractivity contribution in [1.29, 1.82) is 0 Å². The first kappa shape index (κ1) is 23.4. The maximum atomic E-state index is 5.70. The highest BCUT2D eigenvalue weighted by Crippen LogP contribution is 2.12. The molecule has 1 saturated heterocycles. The zero-order chi connectivity index (χ0) is 19.8. The maximum Gasteiger partial charge on any atom is 0.191 e. The van der Waals surface area contributed by atoms with E-state index in [9.17, 15) is 0 Å². The number of hydrogen-bond acceptors (Lipinski definition) is 5. The molecule has 1 aliphatic heterocycles. The van der Waals surface area contributed by atoms with Crippen LogP contribution in [0.15, 0.2) is 29.3 Å². The number of methoxy groups -OCH3 is 1. The minimum absolute atomic E-state index is 0. The summed E-state index contributed by atoms with van der Waals surface area (Å²) in [5.41, 5.74) is 1.25. The number of hydrogen-bond donors (Lipinski definition) is 2. The summed E-state index contributed by atoms with van der Waals surface area (Å²) in [6.45, 7) is 4.79. The Kier molecular flexibility index (Phi) is 9.65. The van der Waals surface area contributed by atoms with Crippen LogP contribution in [0.4, 0.5) is 0 Å². The van der Waals surface area contributed by atoms with E-state index in [2.05, 4.69) is 38.0 Å². The lowest BCUT2D eigenvalue weighted by Gasteiger charge is -2.15. The molecule has 1 aliphatic rings. The van der Waals surface area contributed by atoms with Crippen molar-refractivity contribution < 1.29 is 9.47 Å². The SMILES string of the molecule is COc1ccc(CCNC(=NCc2nnc(C)n2C)NCC2CCCO2)cc1.I. The molecule has 3 rings (SSSR count). The molecule has 29 heavy (non-hydrogen) atoms. The van der Waals surface area contributed by atoms with Gasteiger partial charge in [0.2, 0.25) is 0 Å². The predicted octanol–water partition coefficient (Wildman–Crippen LogP) is 2.21. The number of nitrogens with one attached hydrogen (secondary N) is 2. The third kappa shape index (κ3) is 7.14. The Balaban J connectivity index is 0.00000300. The van der Waals surface area contributed by atoms with Crippen molar-refractivity contribution >= 4 is 29.9 Å². The Morgan fingerprint density at radius 1 is 1.28 bits per heavy atom.